The number of aryl methyl sites for hydroxylation is 1. The number of benzene rings is 1. The molecule has 0 bridgehead atoms. The number of rotatable bonds is 6. The van der Waals surface area contributed by atoms with Crippen LogP contribution in [0.15, 0.2) is 36.7 Å². The summed E-state index contributed by atoms with van der Waals surface area (Å²) in [6.07, 6.45) is 4.74. The quantitative estimate of drug-likeness (QED) is 0.883. The molecule has 22 heavy (non-hydrogen) atoms. The third-order valence-electron chi connectivity index (χ3n) is 3.51. The van der Waals surface area contributed by atoms with Crippen molar-refractivity contribution >= 4 is 5.91 Å². The molecule has 0 saturated carbocycles. The van der Waals surface area contributed by atoms with E-state index in [4.69, 9.17) is 9.47 Å². The summed E-state index contributed by atoms with van der Waals surface area (Å²) >= 11 is 0. The van der Waals surface area contributed by atoms with E-state index in [1.54, 1.807) is 6.20 Å². The van der Waals surface area contributed by atoms with Gasteiger partial charge in [-0.25, -0.2) is 0 Å². The van der Waals surface area contributed by atoms with E-state index in [1.165, 1.54) is 0 Å². The van der Waals surface area contributed by atoms with E-state index in [-0.39, 0.29) is 18.7 Å². The predicted molar refractivity (Wildman–Crippen MR) is 80.7 cm³/mol. The Morgan fingerprint density at radius 2 is 2.27 bits per heavy atom. The van der Waals surface area contributed by atoms with Crippen LogP contribution in [-0.2, 0) is 17.8 Å². The Morgan fingerprint density at radius 1 is 1.41 bits per heavy atom. The van der Waals surface area contributed by atoms with Crippen LogP contribution < -0.4 is 14.8 Å². The summed E-state index contributed by atoms with van der Waals surface area (Å²) in [7, 11) is 0. The highest BCUT2D eigenvalue weighted by Gasteiger charge is 2.14. The minimum Gasteiger partial charge on any atom is -0.454 e. The van der Waals surface area contributed by atoms with Gasteiger partial charge in [0, 0.05) is 24.9 Å². The molecule has 0 radical (unpaired) electrons. The smallest absolute Gasteiger partial charge is 0.231 e. The Labute approximate surface area is 129 Å². The molecule has 1 N–H and O–H groups in total. The average Bonchev–Trinajstić information content (AvgIpc) is 3.15. The van der Waals surface area contributed by atoms with Crippen molar-refractivity contribution < 1.29 is 14.3 Å². The fourth-order valence-electron chi connectivity index (χ4n) is 2.44. The van der Waals surface area contributed by atoms with Crippen LogP contribution in [0.2, 0.25) is 0 Å². The predicted octanol–water partition coefficient (Wildman–Crippen LogP) is 1.75. The van der Waals surface area contributed by atoms with E-state index >= 15 is 0 Å². The highest BCUT2D eigenvalue weighted by atomic mass is 16.7. The molecule has 1 aliphatic rings. The Bertz CT molecular complexity index is 640. The summed E-state index contributed by atoms with van der Waals surface area (Å²) in [6, 6.07) is 7.70. The van der Waals surface area contributed by atoms with Gasteiger partial charge in [-0.2, -0.15) is 5.10 Å². The summed E-state index contributed by atoms with van der Waals surface area (Å²) in [5.41, 5.74) is 1.07. The van der Waals surface area contributed by atoms with Crippen molar-refractivity contribution in [2.75, 3.05) is 6.79 Å². The van der Waals surface area contributed by atoms with Crippen molar-refractivity contribution in [3.63, 3.8) is 0 Å². The molecule has 116 valence electrons. The van der Waals surface area contributed by atoms with Crippen molar-refractivity contribution in [3.8, 4) is 11.5 Å². The van der Waals surface area contributed by atoms with Crippen LogP contribution in [0.1, 0.15) is 18.9 Å². The first kappa shape index (κ1) is 14.4. The summed E-state index contributed by atoms with van der Waals surface area (Å²) in [4.78, 5) is 12.0. The van der Waals surface area contributed by atoms with E-state index in [2.05, 4.69) is 10.4 Å². The maximum absolute atomic E-state index is 12.0. The third-order valence-corrected chi connectivity index (χ3v) is 3.51. The van der Waals surface area contributed by atoms with Gasteiger partial charge < -0.3 is 14.8 Å². The number of carbonyl (C=O) groups is 1. The number of aromatic nitrogens is 2. The van der Waals surface area contributed by atoms with Crippen molar-refractivity contribution in [1.82, 2.24) is 15.1 Å². The molecule has 1 aliphatic heterocycles. The summed E-state index contributed by atoms with van der Waals surface area (Å²) in [5, 5.41) is 7.11. The Balaban J connectivity index is 1.46. The van der Waals surface area contributed by atoms with Gasteiger partial charge in [0.1, 0.15) is 0 Å². The fraction of sp³-hybridized carbons (Fsp3) is 0.375. The van der Waals surface area contributed by atoms with E-state index in [0.717, 1.165) is 17.1 Å². The monoisotopic (exact) mass is 301 g/mol. The standard InChI is InChI=1S/C16H19N3O3/c1-12(10-19-8-2-7-17-19)18-16(20)6-4-13-3-5-14-15(9-13)22-11-21-14/h2-3,5,7-9,12H,4,6,10-11H2,1H3,(H,18,20)/t12-/m1/s1. The van der Waals surface area contributed by atoms with Crippen LogP contribution in [0.3, 0.4) is 0 Å². The summed E-state index contributed by atoms with van der Waals surface area (Å²) < 4.78 is 12.4. The lowest BCUT2D eigenvalue weighted by molar-refractivity contribution is -0.121. The zero-order valence-electron chi connectivity index (χ0n) is 12.5. The van der Waals surface area contributed by atoms with Crippen molar-refractivity contribution in [3.05, 3.63) is 42.2 Å². The van der Waals surface area contributed by atoms with Gasteiger partial charge in [-0.15, -0.1) is 0 Å². The zero-order chi connectivity index (χ0) is 15.4. The van der Waals surface area contributed by atoms with Crippen molar-refractivity contribution in [1.29, 1.82) is 0 Å². The molecule has 6 heteroatoms. The highest BCUT2D eigenvalue weighted by Crippen LogP contribution is 2.32. The van der Waals surface area contributed by atoms with Gasteiger partial charge in [-0.05, 0) is 37.1 Å². The van der Waals surface area contributed by atoms with Crippen LogP contribution in [0.5, 0.6) is 11.5 Å². The maximum atomic E-state index is 12.0. The van der Waals surface area contributed by atoms with Gasteiger partial charge in [-0.1, -0.05) is 6.07 Å². The molecule has 6 nitrogen and oxygen atoms in total. The molecule has 0 spiro atoms. The lowest BCUT2D eigenvalue weighted by atomic mass is 10.1. The Hall–Kier alpha value is -2.50. The number of fused-ring (bicyclic) bond motifs is 1. The minimum absolute atomic E-state index is 0.0392. The van der Waals surface area contributed by atoms with Crippen LogP contribution >= 0.6 is 0 Å². The lowest BCUT2D eigenvalue weighted by Gasteiger charge is -2.14. The zero-order valence-corrected chi connectivity index (χ0v) is 12.5. The molecular formula is C16H19N3O3. The first-order chi connectivity index (χ1) is 10.7. The largest absolute Gasteiger partial charge is 0.454 e. The average molecular weight is 301 g/mol. The van der Waals surface area contributed by atoms with E-state index in [0.29, 0.717) is 19.4 Å². The Kier molecular flexibility index (Phi) is 4.27. The SMILES string of the molecule is C[C@H](Cn1cccn1)NC(=O)CCc1ccc2c(c1)OCO2. The van der Waals surface area contributed by atoms with Gasteiger partial charge in [0.05, 0.1) is 6.54 Å². The number of nitrogens with zero attached hydrogens (tertiary/aromatic N) is 2. The van der Waals surface area contributed by atoms with E-state index < -0.39 is 0 Å². The molecule has 0 saturated heterocycles. The van der Waals surface area contributed by atoms with Crippen LogP contribution in [-0.4, -0.2) is 28.5 Å². The van der Waals surface area contributed by atoms with E-state index in [1.807, 2.05) is 42.1 Å². The van der Waals surface area contributed by atoms with Crippen LogP contribution in [0, 0.1) is 0 Å². The molecule has 0 aliphatic carbocycles. The van der Waals surface area contributed by atoms with Gasteiger partial charge in [0.2, 0.25) is 12.7 Å². The maximum Gasteiger partial charge on any atom is 0.231 e. The van der Waals surface area contributed by atoms with Crippen molar-refractivity contribution in [2.45, 2.75) is 32.4 Å². The molecule has 1 amide bonds. The first-order valence-electron chi connectivity index (χ1n) is 7.36. The second kappa shape index (κ2) is 6.51. The second-order valence-corrected chi connectivity index (χ2v) is 5.38. The molecule has 1 aromatic heterocycles. The second-order valence-electron chi connectivity index (χ2n) is 5.38. The normalized spacial score (nSPS) is 13.9. The number of carbonyl (C=O) groups excluding carboxylic acids is 1. The van der Waals surface area contributed by atoms with Gasteiger partial charge in [0.15, 0.2) is 11.5 Å². The number of amides is 1. The van der Waals surface area contributed by atoms with Gasteiger partial charge >= 0.3 is 0 Å². The molecular weight excluding hydrogens is 282 g/mol. The fourth-order valence-corrected chi connectivity index (χ4v) is 2.44. The van der Waals surface area contributed by atoms with Gasteiger partial charge in [-0.3, -0.25) is 9.48 Å². The molecule has 0 unspecified atom stereocenters. The van der Waals surface area contributed by atoms with Crippen molar-refractivity contribution in [2.24, 2.45) is 0 Å². The Morgan fingerprint density at radius 3 is 3.09 bits per heavy atom. The number of hydrogen-bond acceptors (Lipinski definition) is 4. The molecule has 1 aromatic carbocycles. The number of nitrogens with one attached hydrogen (secondary N) is 1. The van der Waals surface area contributed by atoms with E-state index in [9.17, 15) is 4.79 Å². The molecule has 3 rings (SSSR count). The van der Waals surface area contributed by atoms with Crippen LogP contribution in [0.4, 0.5) is 0 Å². The van der Waals surface area contributed by atoms with Gasteiger partial charge in [0.25, 0.3) is 0 Å². The highest BCUT2D eigenvalue weighted by molar-refractivity contribution is 5.76. The first-order valence-corrected chi connectivity index (χ1v) is 7.36. The lowest BCUT2D eigenvalue weighted by Crippen LogP contribution is -2.35. The number of hydrogen-bond donors (Lipinski definition) is 1. The molecule has 0 fully saturated rings. The summed E-state index contributed by atoms with van der Waals surface area (Å²) in [5.74, 6) is 1.56. The minimum atomic E-state index is 0.0392. The third kappa shape index (κ3) is 3.58. The topological polar surface area (TPSA) is 65.4 Å². The molecule has 1 atom stereocenters. The number of ether oxygens (including phenoxy) is 2. The van der Waals surface area contributed by atoms with Crippen LogP contribution in [0.25, 0.3) is 0 Å². The molecule has 2 aromatic rings. The summed E-state index contributed by atoms with van der Waals surface area (Å²) in [6.45, 7) is 2.91. The molecule has 2 heterocycles.